The van der Waals surface area contributed by atoms with Gasteiger partial charge in [-0.05, 0) is 37.1 Å². The lowest BCUT2D eigenvalue weighted by molar-refractivity contribution is -0.0714. The van der Waals surface area contributed by atoms with Crippen molar-refractivity contribution in [3.8, 4) is 0 Å². The van der Waals surface area contributed by atoms with Gasteiger partial charge in [0.2, 0.25) is 0 Å². The Hall–Kier alpha value is -0.490. The summed E-state index contributed by atoms with van der Waals surface area (Å²) >= 11 is 3.43. The summed E-state index contributed by atoms with van der Waals surface area (Å²) in [5, 5.41) is 10.8. The minimum absolute atomic E-state index is 0.273. The van der Waals surface area contributed by atoms with Gasteiger partial charge >= 0.3 is 0 Å². The fraction of sp³-hybridized carbons (Fsp3) is 0.625. The normalized spacial score (nSPS) is 21.0. The van der Waals surface area contributed by atoms with E-state index in [1.807, 2.05) is 0 Å². The number of ether oxygens (including phenoxy) is 1. The first-order valence-electron chi connectivity index (χ1n) is 7.42. The van der Waals surface area contributed by atoms with E-state index >= 15 is 0 Å². The van der Waals surface area contributed by atoms with E-state index in [2.05, 4.69) is 34.7 Å². The summed E-state index contributed by atoms with van der Waals surface area (Å²) in [5.74, 6) is -0.273. The highest BCUT2D eigenvalue weighted by Gasteiger charge is 2.38. The standard InChI is InChI=1S/C16H23BrFNO2/c1-3-16(2,19-6-8-21-9-7-19)15(20)11-12-10-13(18)4-5-14(12)17/h4-5,10,15,20H,3,6-9,11H2,1-2H3. The van der Waals surface area contributed by atoms with Gasteiger partial charge in [-0.15, -0.1) is 0 Å². The average molecular weight is 360 g/mol. The molecular weight excluding hydrogens is 337 g/mol. The highest BCUT2D eigenvalue weighted by Crippen LogP contribution is 2.29. The highest BCUT2D eigenvalue weighted by molar-refractivity contribution is 9.10. The number of aliphatic hydroxyl groups is 1. The van der Waals surface area contributed by atoms with Crippen molar-refractivity contribution < 1.29 is 14.2 Å². The molecule has 0 spiro atoms. The molecule has 0 bridgehead atoms. The lowest BCUT2D eigenvalue weighted by Gasteiger charge is -2.46. The zero-order chi connectivity index (χ0) is 15.5. The number of rotatable bonds is 5. The molecule has 2 atom stereocenters. The Morgan fingerprint density at radius 1 is 1.43 bits per heavy atom. The van der Waals surface area contributed by atoms with Crippen LogP contribution in [0.3, 0.4) is 0 Å². The Kier molecular flexibility index (Phi) is 5.77. The molecule has 1 fully saturated rings. The van der Waals surface area contributed by atoms with E-state index < -0.39 is 6.10 Å². The van der Waals surface area contributed by atoms with E-state index in [-0.39, 0.29) is 11.4 Å². The van der Waals surface area contributed by atoms with Gasteiger partial charge in [0.25, 0.3) is 0 Å². The van der Waals surface area contributed by atoms with Gasteiger partial charge in [0.1, 0.15) is 5.82 Å². The highest BCUT2D eigenvalue weighted by atomic mass is 79.9. The number of morpholine rings is 1. The summed E-state index contributed by atoms with van der Waals surface area (Å²) in [6.45, 7) is 7.21. The molecule has 3 nitrogen and oxygen atoms in total. The van der Waals surface area contributed by atoms with Crippen molar-refractivity contribution in [2.75, 3.05) is 26.3 Å². The maximum absolute atomic E-state index is 13.4. The van der Waals surface area contributed by atoms with E-state index in [9.17, 15) is 9.50 Å². The van der Waals surface area contributed by atoms with E-state index in [1.165, 1.54) is 12.1 Å². The van der Waals surface area contributed by atoms with Crippen LogP contribution in [0.25, 0.3) is 0 Å². The molecule has 5 heteroatoms. The van der Waals surface area contributed by atoms with E-state index in [4.69, 9.17) is 4.74 Å². The smallest absolute Gasteiger partial charge is 0.123 e. The number of aliphatic hydroxyl groups excluding tert-OH is 1. The Labute approximate surface area is 134 Å². The molecule has 0 aliphatic carbocycles. The summed E-state index contributed by atoms with van der Waals surface area (Å²) < 4.78 is 19.6. The second-order valence-corrected chi connectivity index (χ2v) is 6.62. The van der Waals surface area contributed by atoms with Crippen LogP contribution in [0.2, 0.25) is 0 Å². The lowest BCUT2D eigenvalue weighted by Crippen LogP contribution is -2.58. The van der Waals surface area contributed by atoms with Gasteiger partial charge in [0.05, 0.1) is 19.3 Å². The largest absolute Gasteiger partial charge is 0.391 e. The number of benzene rings is 1. The van der Waals surface area contributed by atoms with Crippen molar-refractivity contribution in [3.05, 3.63) is 34.1 Å². The molecule has 1 N–H and O–H groups in total. The SMILES string of the molecule is CCC(C)(C(O)Cc1cc(F)ccc1Br)N1CCOCC1. The van der Waals surface area contributed by atoms with Gasteiger partial charge in [-0.3, -0.25) is 4.90 Å². The zero-order valence-electron chi connectivity index (χ0n) is 12.6. The number of hydrogen-bond donors (Lipinski definition) is 1. The molecule has 1 aromatic rings. The molecular formula is C16H23BrFNO2. The van der Waals surface area contributed by atoms with Crippen molar-refractivity contribution in [2.45, 2.75) is 38.3 Å². The van der Waals surface area contributed by atoms with Crippen molar-refractivity contribution in [3.63, 3.8) is 0 Å². The third-order valence-electron chi connectivity index (χ3n) is 4.59. The second kappa shape index (κ2) is 7.18. The summed E-state index contributed by atoms with van der Waals surface area (Å²) in [6, 6.07) is 4.60. The van der Waals surface area contributed by atoms with Crippen LogP contribution in [0.15, 0.2) is 22.7 Å². The van der Waals surface area contributed by atoms with Crippen molar-refractivity contribution in [1.82, 2.24) is 4.90 Å². The summed E-state index contributed by atoms with van der Waals surface area (Å²) in [5.41, 5.74) is 0.477. The zero-order valence-corrected chi connectivity index (χ0v) is 14.2. The number of nitrogens with zero attached hydrogens (tertiary/aromatic N) is 1. The Morgan fingerprint density at radius 3 is 2.71 bits per heavy atom. The quantitative estimate of drug-likeness (QED) is 0.876. The first kappa shape index (κ1) is 16.9. The molecule has 2 unspecified atom stereocenters. The third-order valence-corrected chi connectivity index (χ3v) is 5.36. The van der Waals surface area contributed by atoms with E-state index in [1.54, 1.807) is 6.07 Å². The van der Waals surface area contributed by atoms with Crippen LogP contribution in [0.4, 0.5) is 4.39 Å². The van der Waals surface area contributed by atoms with Crippen LogP contribution in [-0.2, 0) is 11.2 Å². The van der Waals surface area contributed by atoms with Gasteiger partial charge in [-0.25, -0.2) is 4.39 Å². The predicted octanol–water partition coefficient (Wildman–Crippen LogP) is 2.99. The van der Waals surface area contributed by atoms with Crippen LogP contribution in [-0.4, -0.2) is 48.0 Å². The second-order valence-electron chi connectivity index (χ2n) is 5.77. The Morgan fingerprint density at radius 2 is 2.10 bits per heavy atom. The molecule has 2 rings (SSSR count). The molecule has 0 radical (unpaired) electrons. The molecule has 0 amide bonds. The molecule has 1 aliphatic heterocycles. The van der Waals surface area contributed by atoms with Crippen LogP contribution in [0, 0.1) is 5.82 Å². The van der Waals surface area contributed by atoms with Crippen LogP contribution < -0.4 is 0 Å². The Bertz CT molecular complexity index is 479. The summed E-state index contributed by atoms with van der Waals surface area (Å²) in [7, 11) is 0. The van der Waals surface area contributed by atoms with Crippen molar-refractivity contribution in [2.24, 2.45) is 0 Å². The van der Waals surface area contributed by atoms with Gasteiger partial charge in [0.15, 0.2) is 0 Å². The molecule has 1 aromatic carbocycles. The fourth-order valence-corrected chi connectivity index (χ4v) is 3.28. The van der Waals surface area contributed by atoms with E-state index in [0.29, 0.717) is 19.6 Å². The van der Waals surface area contributed by atoms with Crippen LogP contribution in [0.5, 0.6) is 0 Å². The maximum Gasteiger partial charge on any atom is 0.123 e. The molecule has 1 saturated heterocycles. The van der Waals surface area contributed by atoms with Gasteiger partial charge < -0.3 is 9.84 Å². The van der Waals surface area contributed by atoms with Crippen LogP contribution in [0.1, 0.15) is 25.8 Å². The first-order chi connectivity index (χ1) is 9.97. The molecule has 0 saturated carbocycles. The van der Waals surface area contributed by atoms with Gasteiger partial charge in [-0.1, -0.05) is 22.9 Å². The fourth-order valence-electron chi connectivity index (χ4n) is 2.87. The van der Waals surface area contributed by atoms with Gasteiger partial charge in [0, 0.05) is 29.5 Å². The summed E-state index contributed by atoms with van der Waals surface area (Å²) in [6.07, 6.45) is 0.708. The minimum atomic E-state index is -0.557. The third kappa shape index (κ3) is 3.83. The predicted molar refractivity (Wildman–Crippen MR) is 84.9 cm³/mol. The topological polar surface area (TPSA) is 32.7 Å². The molecule has 21 heavy (non-hydrogen) atoms. The number of hydrogen-bond acceptors (Lipinski definition) is 3. The van der Waals surface area contributed by atoms with Gasteiger partial charge in [-0.2, -0.15) is 0 Å². The molecule has 0 aromatic heterocycles. The summed E-state index contributed by atoms with van der Waals surface area (Å²) in [4.78, 5) is 2.29. The number of halogens is 2. The molecule has 1 aliphatic rings. The molecule has 1 heterocycles. The van der Waals surface area contributed by atoms with Crippen LogP contribution >= 0.6 is 15.9 Å². The van der Waals surface area contributed by atoms with Crippen molar-refractivity contribution in [1.29, 1.82) is 0 Å². The van der Waals surface area contributed by atoms with E-state index in [0.717, 1.165) is 29.5 Å². The average Bonchev–Trinajstić information content (AvgIpc) is 2.51. The molecule has 118 valence electrons. The minimum Gasteiger partial charge on any atom is -0.391 e. The first-order valence-corrected chi connectivity index (χ1v) is 8.21. The lowest BCUT2D eigenvalue weighted by atomic mass is 9.85. The maximum atomic E-state index is 13.4. The van der Waals surface area contributed by atoms with Crippen molar-refractivity contribution >= 4 is 15.9 Å². The monoisotopic (exact) mass is 359 g/mol. The Balaban J connectivity index is 2.15.